The Kier molecular flexibility index (Phi) is 16.6. The Labute approximate surface area is 200 Å². The van der Waals surface area contributed by atoms with Gasteiger partial charge < -0.3 is 9.47 Å². The molecule has 0 spiro atoms. The predicted molar refractivity (Wildman–Crippen MR) is 134 cm³/mol. The van der Waals surface area contributed by atoms with Gasteiger partial charge in [0.2, 0.25) is 0 Å². The highest BCUT2D eigenvalue weighted by Gasteiger charge is 2.09. The number of hydrogen-bond acceptors (Lipinski definition) is 3. The first-order valence-corrected chi connectivity index (χ1v) is 10.2. The highest BCUT2D eigenvalue weighted by atomic mass is 19.1. The highest BCUT2D eigenvalue weighted by molar-refractivity contribution is 5.91. The Morgan fingerprint density at radius 1 is 0.706 bits per heavy atom. The van der Waals surface area contributed by atoms with Crippen LogP contribution in [0, 0.1) is 0 Å². The maximum atomic E-state index is 12.3. The second kappa shape index (κ2) is 18.7. The van der Waals surface area contributed by atoms with E-state index in [2.05, 4.69) is 37.4 Å². The molecule has 0 amide bonds. The largest absolute Gasteiger partial charge is 0.490 e. The first kappa shape index (κ1) is 30.2. The molecule has 3 nitrogen and oxygen atoms in total. The van der Waals surface area contributed by atoms with Gasteiger partial charge in [-0.3, -0.25) is 13.2 Å². The molecule has 3 aromatic carbocycles. The van der Waals surface area contributed by atoms with Gasteiger partial charge in [-0.25, -0.2) is 4.79 Å². The summed E-state index contributed by atoms with van der Waals surface area (Å²) in [5, 5.41) is 0. The van der Waals surface area contributed by atoms with Gasteiger partial charge in [-0.15, -0.1) is 6.58 Å². The molecule has 0 fully saturated rings. The summed E-state index contributed by atoms with van der Waals surface area (Å²) in [7, 11) is 1.50. The molecule has 0 aromatic heterocycles. The van der Waals surface area contributed by atoms with Crippen molar-refractivity contribution in [2.75, 3.05) is 28.1 Å². The van der Waals surface area contributed by atoms with Gasteiger partial charge >= 0.3 is 5.97 Å². The Morgan fingerprint density at radius 2 is 1.18 bits per heavy atom. The number of halogens is 3. The number of rotatable bonds is 8. The number of benzene rings is 3. The number of hydrogen-bond donors (Lipinski definition) is 0. The minimum absolute atomic E-state index is 0.406. The van der Waals surface area contributed by atoms with E-state index in [4.69, 9.17) is 9.47 Å². The molecular weight excluding hydrogens is 441 g/mol. The smallest absolute Gasteiger partial charge is 0.343 e. The van der Waals surface area contributed by atoms with Gasteiger partial charge in [0.15, 0.2) is 0 Å². The zero-order valence-corrected chi connectivity index (χ0v) is 19.8. The summed E-state index contributed by atoms with van der Waals surface area (Å²) >= 11 is 0. The van der Waals surface area contributed by atoms with E-state index in [1.807, 2.05) is 18.2 Å². The molecule has 0 aliphatic rings. The Balaban J connectivity index is 0.00000168. The van der Waals surface area contributed by atoms with Crippen molar-refractivity contribution in [3.63, 3.8) is 0 Å². The van der Waals surface area contributed by atoms with Crippen molar-refractivity contribution >= 4 is 5.97 Å². The van der Waals surface area contributed by atoms with E-state index < -0.39 is 5.97 Å². The third-order valence-corrected chi connectivity index (χ3v) is 4.19. The highest BCUT2D eigenvalue weighted by Crippen LogP contribution is 2.24. The zero-order valence-electron chi connectivity index (χ0n) is 19.8. The summed E-state index contributed by atoms with van der Waals surface area (Å²) in [6.45, 7) is 7.78. The van der Waals surface area contributed by atoms with E-state index in [1.54, 1.807) is 42.5 Å². The molecule has 6 heteroatoms. The van der Waals surface area contributed by atoms with E-state index >= 15 is 0 Å². The van der Waals surface area contributed by atoms with Crippen LogP contribution in [0.25, 0.3) is 11.1 Å². The maximum Gasteiger partial charge on any atom is 0.343 e. The van der Waals surface area contributed by atoms with E-state index in [0.29, 0.717) is 45.2 Å². The van der Waals surface area contributed by atoms with Crippen LogP contribution in [0.3, 0.4) is 0 Å². The third-order valence-electron chi connectivity index (χ3n) is 4.19. The molecule has 34 heavy (non-hydrogen) atoms. The molecule has 182 valence electrons. The van der Waals surface area contributed by atoms with E-state index in [9.17, 15) is 18.0 Å². The molecule has 0 unspecified atom stereocenters. The molecule has 0 radical (unpaired) electrons. The average molecular weight is 473 g/mol. The lowest BCUT2D eigenvalue weighted by molar-refractivity contribution is 0.0734. The number of carbonyl (C=O) groups excluding carboxylic acids is 1. The Hall–Kier alpha value is -3.80. The van der Waals surface area contributed by atoms with E-state index in [1.165, 1.54) is 5.56 Å². The lowest BCUT2D eigenvalue weighted by Crippen LogP contribution is -2.08. The molecule has 0 bridgehead atoms. The molecule has 0 saturated carbocycles. The zero-order chi connectivity index (χ0) is 25.8. The summed E-state index contributed by atoms with van der Waals surface area (Å²) in [6, 6.07) is 22.7. The summed E-state index contributed by atoms with van der Waals surface area (Å²) in [4.78, 5) is 12.3. The fraction of sp³-hybridized carbons (Fsp3) is 0.179. The second-order valence-electron chi connectivity index (χ2n) is 6.23. The lowest BCUT2D eigenvalue weighted by atomic mass is 10.0. The van der Waals surface area contributed by atoms with Crippen molar-refractivity contribution in [2.45, 2.75) is 6.42 Å². The Morgan fingerprint density at radius 3 is 1.65 bits per heavy atom. The van der Waals surface area contributed by atoms with Gasteiger partial charge in [0.25, 0.3) is 0 Å². The number of ether oxygens (including phenoxy) is 2. The van der Waals surface area contributed by atoms with Crippen molar-refractivity contribution in [3.05, 3.63) is 109 Å². The molecule has 0 aliphatic carbocycles. The summed E-state index contributed by atoms with van der Waals surface area (Å²) in [5.74, 6) is 0.778. The Bertz CT molecular complexity index is 952. The minimum Gasteiger partial charge on any atom is -0.490 e. The average Bonchev–Trinajstić information content (AvgIpc) is 2.92. The van der Waals surface area contributed by atoms with Gasteiger partial charge in [-0.1, -0.05) is 55.1 Å². The van der Waals surface area contributed by atoms with Crippen LogP contribution in [0.5, 0.6) is 11.5 Å². The molecule has 0 aliphatic heterocycles. The van der Waals surface area contributed by atoms with Crippen LogP contribution in [0.2, 0.25) is 0 Å². The van der Waals surface area contributed by atoms with Crippen molar-refractivity contribution < 1.29 is 27.4 Å². The standard InChI is InChI=1S/C25H22O3.3CH3F/c1-3-5-19-6-8-20(9-7-19)21-10-16-24(17-11-21)28-25(26)22-12-14-23(15-13-22)27-18-4-2;3*1-2/h3-4,6-17H,1-2,5,18H2;3*1H3. The number of carbonyl (C=O) groups is 1. The molecular formula is C28H31F3O3. The van der Waals surface area contributed by atoms with Crippen molar-refractivity contribution in [1.82, 2.24) is 0 Å². The van der Waals surface area contributed by atoms with E-state index in [-0.39, 0.29) is 0 Å². The molecule has 0 N–H and O–H groups in total. The first-order valence-electron chi connectivity index (χ1n) is 10.2. The number of alkyl halides is 3. The third kappa shape index (κ3) is 10.2. The van der Waals surface area contributed by atoms with Gasteiger partial charge in [0.05, 0.1) is 27.1 Å². The van der Waals surface area contributed by atoms with Crippen LogP contribution < -0.4 is 9.47 Å². The van der Waals surface area contributed by atoms with Crippen molar-refractivity contribution in [2.24, 2.45) is 0 Å². The molecule has 3 aromatic rings. The van der Waals surface area contributed by atoms with Crippen molar-refractivity contribution in [1.29, 1.82) is 0 Å². The maximum absolute atomic E-state index is 12.3. The predicted octanol–water partition coefficient (Wildman–Crippen LogP) is 7.62. The monoisotopic (exact) mass is 472 g/mol. The van der Waals surface area contributed by atoms with E-state index in [0.717, 1.165) is 17.5 Å². The van der Waals surface area contributed by atoms with Crippen LogP contribution in [0.4, 0.5) is 13.2 Å². The fourth-order valence-corrected chi connectivity index (χ4v) is 2.72. The molecule has 0 saturated heterocycles. The van der Waals surface area contributed by atoms with Crippen molar-refractivity contribution in [3.8, 4) is 22.6 Å². The fourth-order valence-electron chi connectivity index (χ4n) is 2.72. The molecule has 3 rings (SSSR count). The SMILES string of the molecule is C=CCOc1ccc(C(=O)Oc2ccc(-c3ccc(CC=C)cc3)cc2)cc1.CF.CF.CF. The normalized spacial score (nSPS) is 8.88. The summed E-state index contributed by atoms with van der Waals surface area (Å²) < 4.78 is 39.4. The summed E-state index contributed by atoms with van der Waals surface area (Å²) in [6.07, 6.45) is 4.41. The quantitative estimate of drug-likeness (QED) is 0.192. The first-order chi connectivity index (χ1) is 16.7. The van der Waals surface area contributed by atoms with Gasteiger partial charge in [0, 0.05) is 0 Å². The van der Waals surface area contributed by atoms with Crippen LogP contribution in [0.1, 0.15) is 15.9 Å². The van der Waals surface area contributed by atoms with Gasteiger partial charge in [-0.2, -0.15) is 0 Å². The molecule has 0 heterocycles. The lowest BCUT2D eigenvalue weighted by Gasteiger charge is -2.08. The van der Waals surface area contributed by atoms with Gasteiger partial charge in [-0.05, 0) is 59.5 Å². The summed E-state index contributed by atoms with van der Waals surface area (Å²) in [5.41, 5.74) is 3.87. The van der Waals surface area contributed by atoms with Crippen LogP contribution >= 0.6 is 0 Å². The minimum atomic E-state index is -0.406. The second-order valence-corrected chi connectivity index (χ2v) is 6.23. The molecule has 0 atom stereocenters. The number of allylic oxidation sites excluding steroid dienone is 1. The number of esters is 1. The van der Waals surface area contributed by atoms with Crippen LogP contribution in [-0.2, 0) is 6.42 Å². The van der Waals surface area contributed by atoms with Gasteiger partial charge in [0.1, 0.15) is 18.1 Å². The topological polar surface area (TPSA) is 35.5 Å². The van der Waals surface area contributed by atoms with Crippen LogP contribution in [0.15, 0.2) is 98.1 Å². The van der Waals surface area contributed by atoms with Crippen LogP contribution in [-0.4, -0.2) is 34.1 Å².